The van der Waals surface area contributed by atoms with E-state index in [1.807, 2.05) is 18.2 Å². The number of benzene rings is 3. The van der Waals surface area contributed by atoms with E-state index in [1.165, 1.54) is 48.3 Å². The first kappa shape index (κ1) is 26.0. The number of hydrogen-bond donors (Lipinski definition) is 1. The SMILES string of the molecule is CNC(=O)[C@H](Cc1ccccc1)N(Cc1ccccc1F)C(=O)CCN1C(=O)c2ccccc2S1(=O)=O. The smallest absolute Gasteiger partial charge is 0.269 e. The number of halogens is 1. The number of likely N-dealkylation sites (N-methyl/N-ethyl adjacent to an activating group) is 1. The van der Waals surface area contributed by atoms with E-state index in [1.54, 1.807) is 24.3 Å². The lowest BCUT2D eigenvalue weighted by Gasteiger charge is -2.31. The summed E-state index contributed by atoms with van der Waals surface area (Å²) in [5, 5.41) is 2.56. The number of carbonyl (C=O) groups excluding carboxylic acids is 3. The Kier molecular flexibility index (Phi) is 7.68. The Morgan fingerprint density at radius 2 is 1.62 bits per heavy atom. The van der Waals surface area contributed by atoms with Crippen molar-refractivity contribution < 1.29 is 27.2 Å². The molecule has 3 aromatic rings. The van der Waals surface area contributed by atoms with E-state index in [2.05, 4.69) is 5.32 Å². The van der Waals surface area contributed by atoms with Gasteiger partial charge in [-0.05, 0) is 23.8 Å². The Hall–Kier alpha value is -4.05. The maximum Gasteiger partial charge on any atom is 0.269 e. The molecule has 37 heavy (non-hydrogen) atoms. The lowest BCUT2D eigenvalue weighted by Crippen LogP contribution is -2.50. The lowest BCUT2D eigenvalue weighted by atomic mass is 10.0. The van der Waals surface area contributed by atoms with Crippen LogP contribution in [0, 0.1) is 5.82 Å². The molecule has 1 N–H and O–H groups in total. The lowest BCUT2D eigenvalue weighted by molar-refractivity contribution is -0.141. The van der Waals surface area contributed by atoms with Crippen LogP contribution in [0.25, 0.3) is 0 Å². The van der Waals surface area contributed by atoms with Gasteiger partial charge < -0.3 is 10.2 Å². The van der Waals surface area contributed by atoms with Crippen LogP contribution in [0.5, 0.6) is 0 Å². The number of carbonyl (C=O) groups is 3. The van der Waals surface area contributed by atoms with Crippen LogP contribution in [-0.2, 0) is 32.6 Å². The molecule has 1 atom stereocenters. The second-order valence-electron chi connectivity index (χ2n) is 8.56. The summed E-state index contributed by atoms with van der Waals surface area (Å²) >= 11 is 0. The summed E-state index contributed by atoms with van der Waals surface area (Å²) in [6, 6.07) is 19.8. The third-order valence-electron chi connectivity index (χ3n) is 6.26. The van der Waals surface area contributed by atoms with Gasteiger partial charge in [0, 0.05) is 38.5 Å². The molecule has 0 spiro atoms. The Labute approximate surface area is 214 Å². The van der Waals surface area contributed by atoms with E-state index < -0.39 is 46.1 Å². The van der Waals surface area contributed by atoms with Gasteiger partial charge >= 0.3 is 0 Å². The third kappa shape index (κ3) is 5.39. The van der Waals surface area contributed by atoms with Gasteiger partial charge in [0.2, 0.25) is 11.8 Å². The quantitative estimate of drug-likeness (QED) is 0.465. The Morgan fingerprint density at radius 1 is 0.973 bits per heavy atom. The minimum atomic E-state index is -4.10. The maximum absolute atomic E-state index is 14.6. The first-order chi connectivity index (χ1) is 17.7. The van der Waals surface area contributed by atoms with Gasteiger partial charge in [0.15, 0.2) is 0 Å². The highest BCUT2D eigenvalue weighted by molar-refractivity contribution is 7.90. The van der Waals surface area contributed by atoms with E-state index in [9.17, 15) is 27.2 Å². The standard InChI is InChI=1S/C27H26FN3O5S/c1-29-26(33)23(17-19-9-3-2-4-10-19)30(18-20-11-5-7-13-22(20)28)25(32)15-16-31-27(34)21-12-6-8-14-24(21)37(31,35)36/h2-14,23H,15-18H2,1H3,(H,29,33)/t23-/m0/s1. The van der Waals surface area contributed by atoms with Crippen LogP contribution in [0.4, 0.5) is 4.39 Å². The van der Waals surface area contributed by atoms with E-state index in [-0.39, 0.29) is 35.4 Å². The van der Waals surface area contributed by atoms with Gasteiger partial charge in [0.05, 0.1) is 5.56 Å². The van der Waals surface area contributed by atoms with E-state index in [0.29, 0.717) is 4.31 Å². The summed E-state index contributed by atoms with van der Waals surface area (Å²) in [4.78, 5) is 40.4. The van der Waals surface area contributed by atoms with Crippen molar-refractivity contribution >= 4 is 27.7 Å². The van der Waals surface area contributed by atoms with Crippen LogP contribution in [0.15, 0.2) is 83.8 Å². The molecule has 1 heterocycles. The zero-order valence-electron chi connectivity index (χ0n) is 20.1. The highest BCUT2D eigenvalue weighted by Crippen LogP contribution is 2.30. The van der Waals surface area contributed by atoms with Crippen molar-refractivity contribution in [2.75, 3.05) is 13.6 Å². The van der Waals surface area contributed by atoms with Crippen molar-refractivity contribution in [1.82, 2.24) is 14.5 Å². The molecule has 8 nitrogen and oxygen atoms in total. The van der Waals surface area contributed by atoms with E-state index >= 15 is 0 Å². The summed E-state index contributed by atoms with van der Waals surface area (Å²) in [6.45, 7) is -0.619. The molecule has 3 amide bonds. The second-order valence-corrected chi connectivity index (χ2v) is 10.4. The molecule has 10 heteroatoms. The highest BCUT2D eigenvalue weighted by Gasteiger charge is 2.41. The van der Waals surface area contributed by atoms with Crippen molar-refractivity contribution in [2.24, 2.45) is 0 Å². The number of sulfonamides is 1. The van der Waals surface area contributed by atoms with Crippen LogP contribution in [0.3, 0.4) is 0 Å². The summed E-state index contributed by atoms with van der Waals surface area (Å²) in [5.41, 5.74) is 1.04. The number of nitrogens with zero attached hydrogens (tertiary/aromatic N) is 2. The monoisotopic (exact) mass is 523 g/mol. The average molecular weight is 524 g/mol. The molecule has 0 saturated heterocycles. The van der Waals surface area contributed by atoms with Crippen molar-refractivity contribution in [3.05, 3.63) is 101 Å². The molecule has 0 aliphatic carbocycles. The second kappa shape index (κ2) is 10.9. The van der Waals surface area contributed by atoms with Gasteiger partial charge in [-0.2, -0.15) is 0 Å². The van der Waals surface area contributed by atoms with Gasteiger partial charge in [0.25, 0.3) is 15.9 Å². The highest BCUT2D eigenvalue weighted by atomic mass is 32.2. The van der Waals surface area contributed by atoms with Crippen LogP contribution in [-0.4, -0.2) is 55.0 Å². The first-order valence-electron chi connectivity index (χ1n) is 11.7. The molecule has 0 radical (unpaired) electrons. The predicted octanol–water partition coefficient (Wildman–Crippen LogP) is 2.75. The summed E-state index contributed by atoms with van der Waals surface area (Å²) in [6.07, 6.45) is -0.219. The molecule has 0 aromatic heterocycles. The molecular formula is C27H26FN3O5S. The van der Waals surface area contributed by atoms with Gasteiger partial charge in [0.1, 0.15) is 16.8 Å². The fourth-order valence-electron chi connectivity index (χ4n) is 4.32. The third-order valence-corrected chi connectivity index (χ3v) is 8.10. The first-order valence-corrected chi connectivity index (χ1v) is 13.1. The molecule has 3 aromatic carbocycles. The fraction of sp³-hybridized carbons (Fsp3) is 0.222. The van der Waals surface area contributed by atoms with Gasteiger partial charge in [-0.25, -0.2) is 17.1 Å². The number of rotatable bonds is 9. The largest absolute Gasteiger partial charge is 0.357 e. The molecule has 0 bridgehead atoms. The zero-order chi connectivity index (χ0) is 26.6. The van der Waals surface area contributed by atoms with Crippen LogP contribution in [0.1, 0.15) is 27.9 Å². The minimum Gasteiger partial charge on any atom is -0.357 e. The molecule has 0 unspecified atom stereocenters. The molecule has 1 aliphatic heterocycles. The molecular weight excluding hydrogens is 497 g/mol. The molecule has 4 rings (SSSR count). The number of hydrogen-bond acceptors (Lipinski definition) is 5. The zero-order valence-corrected chi connectivity index (χ0v) is 20.9. The van der Waals surface area contributed by atoms with Crippen molar-refractivity contribution in [2.45, 2.75) is 30.3 Å². The van der Waals surface area contributed by atoms with Gasteiger partial charge in [-0.1, -0.05) is 60.7 Å². The van der Waals surface area contributed by atoms with E-state index in [0.717, 1.165) is 5.56 Å². The summed E-state index contributed by atoms with van der Waals surface area (Å²) in [5.74, 6) is -2.29. The van der Waals surface area contributed by atoms with Crippen molar-refractivity contribution in [3.8, 4) is 0 Å². The number of amides is 3. The van der Waals surface area contributed by atoms with Crippen molar-refractivity contribution in [3.63, 3.8) is 0 Å². The molecule has 1 aliphatic rings. The molecule has 0 saturated carbocycles. The van der Waals surface area contributed by atoms with Gasteiger partial charge in [-0.3, -0.25) is 14.4 Å². The molecule has 192 valence electrons. The number of nitrogens with one attached hydrogen (secondary N) is 1. The summed E-state index contributed by atoms with van der Waals surface area (Å²) in [7, 11) is -2.66. The Bertz CT molecular complexity index is 1430. The predicted molar refractivity (Wildman–Crippen MR) is 134 cm³/mol. The van der Waals surface area contributed by atoms with Crippen LogP contribution >= 0.6 is 0 Å². The Balaban J connectivity index is 1.62. The van der Waals surface area contributed by atoms with Crippen LogP contribution in [0.2, 0.25) is 0 Å². The maximum atomic E-state index is 14.6. The fourth-order valence-corrected chi connectivity index (χ4v) is 5.89. The number of fused-ring (bicyclic) bond motifs is 1. The topological polar surface area (TPSA) is 104 Å². The van der Waals surface area contributed by atoms with E-state index in [4.69, 9.17) is 0 Å². The normalized spacial score (nSPS) is 14.6. The average Bonchev–Trinajstić information content (AvgIpc) is 3.10. The van der Waals surface area contributed by atoms with Crippen molar-refractivity contribution in [1.29, 1.82) is 0 Å². The molecule has 0 fully saturated rings. The minimum absolute atomic E-state index is 0.0467. The van der Waals surface area contributed by atoms with Crippen LogP contribution < -0.4 is 5.32 Å². The Morgan fingerprint density at radius 3 is 2.30 bits per heavy atom. The summed E-state index contributed by atoms with van der Waals surface area (Å²) < 4.78 is 41.0. The van der Waals surface area contributed by atoms with Gasteiger partial charge in [-0.15, -0.1) is 0 Å².